The summed E-state index contributed by atoms with van der Waals surface area (Å²) in [6.45, 7) is 4.36. The summed E-state index contributed by atoms with van der Waals surface area (Å²) in [7, 11) is 1.76. The van der Waals surface area contributed by atoms with Crippen molar-refractivity contribution in [1.29, 1.82) is 0 Å². The predicted molar refractivity (Wildman–Crippen MR) is 107 cm³/mol. The molecule has 2 heterocycles. The monoisotopic (exact) mass is 387 g/mol. The summed E-state index contributed by atoms with van der Waals surface area (Å²) in [5.74, 6) is 1.17. The highest BCUT2D eigenvalue weighted by Gasteiger charge is 2.22. The molecule has 3 N–H and O–H groups in total. The lowest BCUT2D eigenvalue weighted by molar-refractivity contribution is -0.123. The van der Waals surface area contributed by atoms with Gasteiger partial charge in [0.15, 0.2) is 5.96 Å². The molecule has 0 radical (unpaired) electrons. The van der Waals surface area contributed by atoms with E-state index in [-0.39, 0.29) is 18.4 Å². The number of aliphatic imine (C=N–C) groups is 1. The van der Waals surface area contributed by atoms with Crippen LogP contribution in [0.3, 0.4) is 0 Å². The van der Waals surface area contributed by atoms with Gasteiger partial charge in [-0.05, 0) is 36.5 Å². The standard InChI is InChI=1S/C20H29N5O3/c1-21-20(24-13-16-6-10-28-11-7-16)23-12-15-2-4-17(5-3-15)19(27)25-9-8-22-18(26)14-25/h2-5,16H,6-14H2,1H3,(H,22,26)(H2,21,23,24). The number of carbonyl (C=O) groups is 2. The van der Waals surface area contributed by atoms with E-state index in [1.54, 1.807) is 11.9 Å². The summed E-state index contributed by atoms with van der Waals surface area (Å²) in [5, 5.41) is 9.40. The van der Waals surface area contributed by atoms with Gasteiger partial charge in [-0.25, -0.2) is 0 Å². The molecule has 2 saturated heterocycles. The quantitative estimate of drug-likeness (QED) is 0.501. The second-order valence-electron chi connectivity index (χ2n) is 7.14. The average molecular weight is 387 g/mol. The van der Waals surface area contributed by atoms with Crippen LogP contribution in [0.2, 0.25) is 0 Å². The van der Waals surface area contributed by atoms with Gasteiger partial charge in [0, 0.05) is 52.0 Å². The van der Waals surface area contributed by atoms with E-state index >= 15 is 0 Å². The Kier molecular flexibility index (Phi) is 7.25. The van der Waals surface area contributed by atoms with E-state index in [1.807, 2.05) is 24.3 Å². The number of carbonyl (C=O) groups excluding carboxylic acids is 2. The highest BCUT2D eigenvalue weighted by Crippen LogP contribution is 2.13. The van der Waals surface area contributed by atoms with Crippen LogP contribution >= 0.6 is 0 Å². The van der Waals surface area contributed by atoms with Crippen molar-refractivity contribution in [1.82, 2.24) is 20.9 Å². The smallest absolute Gasteiger partial charge is 0.254 e. The van der Waals surface area contributed by atoms with Crippen molar-refractivity contribution in [2.24, 2.45) is 10.9 Å². The molecule has 152 valence electrons. The molecule has 1 aromatic carbocycles. The van der Waals surface area contributed by atoms with Crippen LogP contribution < -0.4 is 16.0 Å². The largest absolute Gasteiger partial charge is 0.381 e. The normalized spacial score (nSPS) is 18.5. The lowest BCUT2D eigenvalue weighted by Crippen LogP contribution is -2.49. The fourth-order valence-corrected chi connectivity index (χ4v) is 3.36. The molecule has 0 saturated carbocycles. The summed E-state index contributed by atoms with van der Waals surface area (Å²) in [5.41, 5.74) is 1.66. The Morgan fingerprint density at radius 1 is 1.25 bits per heavy atom. The molecular formula is C20H29N5O3. The third-order valence-electron chi connectivity index (χ3n) is 5.11. The van der Waals surface area contributed by atoms with Crippen LogP contribution in [0.15, 0.2) is 29.3 Å². The number of amides is 2. The highest BCUT2D eigenvalue weighted by atomic mass is 16.5. The van der Waals surface area contributed by atoms with E-state index in [1.165, 1.54) is 0 Å². The fourth-order valence-electron chi connectivity index (χ4n) is 3.36. The number of guanidine groups is 1. The number of benzene rings is 1. The Labute approximate surface area is 165 Å². The molecule has 1 aromatic rings. The number of rotatable bonds is 5. The van der Waals surface area contributed by atoms with Gasteiger partial charge in [0.05, 0.1) is 6.54 Å². The highest BCUT2D eigenvalue weighted by molar-refractivity contribution is 5.97. The Morgan fingerprint density at radius 3 is 2.68 bits per heavy atom. The molecule has 0 unspecified atom stereocenters. The topological polar surface area (TPSA) is 95.1 Å². The van der Waals surface area contributed by atoms with Crippen molar-refractivity contribution < 1.29 is 14.3 Å². The van der Waals surface area contributed by atoms with Crippen molar-refractivity contribution >= 4 is 17.8 Å². The summed E-state index contributed by atoms with van der Waals surface area (Å²) in [6, 6.07) is 7.47. The summed E-state index contributed by atoms with van der Waals surface area (Å²) >= 11 is 0. The minimum absolute atomic E-state index is 0.108. The van der Waals surface area contributed by atoms with Crippen molar-refractivity contribution in [3.8, 4) is 0 Å². The molecule has 2 aliphatic heterocycles. The Bertz CT molecular complexity index is 698. The van der Waals surface area contributed by atoms with E-state index < -0.39 is 0 Å². The number of hydrogen-bond acceptors (Lipinski definition) is 4. The van der Waals surface area contributed by atoms with Gasteiger partial charge in [0.2, 0.25) is 5.91 Å². The van der Waals surface area contributed by atoms with E-state index in [9.17, 15) is 9.59 Å². The van der Waals surface area contributed by atoms with E-state index in [0.29, 0.717) is 31.1 Å². The summed E-state index contributed by atoms with van der Waals surface area (Å²) in [4.78, 5) is 29.8. The van der Waals surface area contributed by atoms with Crippen LogP contribution in [0.1, 0.15) is 28.8 Å². The summed E-state index contributed by atoms with van der Waals surface area (Å²) in [6.07, 6.45) is 2.16. The van der Waals surface area contributed by atoms with Crippen molar-refractivity contribution in [2.75, 3.05) is 46.4 Å². The molecule has 3 rings (SSSR count). The average Bonchev–Trinajstić information content (AvgIpc) is 2.74. The van der Waals surface area contributed by atoms with Gasteiger partial charge in [-0.2, -0.15) is 0 Å². The first-order valence-electron chi connectivity index (χ1n) is 9.83. The molecule has 2 fully saturated rings. The maximum absolute atomic E-state index is 12.5. The van der Waals surface area contributed by atoms with E-state index in [0.717, 1.165) is 44.1 Å². The SMILES string of the molecule is CN=C(NCc1ccc(C(=O)N2CCNC(=O)C2)cc1)NCC1CCOCC1. The minimum Gasteiger partial charge on any atom is -0.381 e. The first kappa shape index (κ1) is 20.1. The van der Waals surface area contributed by atoms with Crippen molar-refractivity contribution in [2.45, 2.75) is 19.4 Å². The molecule has 28 heavy (non-hydrogen) atoms. The lowest BCUT2D eigenvalue weighted by Gasteiger charge is -2.26. The summed E-state index contributed by atoms with van der Waals surface area (Å²) < 4.78 is 5.39. The number of ether oxygens (including phenoxy) is 1. The number of piperazine rings is 1. The predicted octanol–water partition coefficient (Wildman–Crippen LogP) is 0.350. The Morgan fingerprint density at radius 2 is 2.00 bits per heavy atom. The molecule has 2 amide bonds. The van der Waals surface area contributed by atoms with Crippen molar-refractivity contribution in [3.05, 3.63) is 35.4 Å². The molecule has 0 aliphatic carbocycles. The molecule has 0 spiro atoms. The zero-order valence-corrected chi connectivity index (χ0v) is 16.4. The van der Waals surface area contributed by atoms with Gasteiger partial charge >= 0.3 is 0 Å². The minimum atomic E-state index is -0.111. The Hall–Kier alpha value is -2.61. The Balaban J connectivity index is 1.46. The molecule has 0 aromatic heterocycles. The van der Waals surface area contributed by atoms with Gasteiger partial charge in [0.25, 0.3) is 5.91 Å². The van der Waals surface area contributed by atoms with Crippen LogP contribution in [0.25, 0.3) is 0 Å². The van der Waals surface area contributed by atoms with Crippen LogP contribution in [0.4, 0.5) is 0 Å². The first-order chi connectivity index (χ1) is 13.7. The third kappa shape index (κ3) is 5.69. The number of nitrogens with zero attached hydrogens (tertiary/aromatic N) is 2. The van der Waals surface area contributed by atoms with Crippen LogP contribution in [-0.4, -0.2) is 69.1 Å². The number of hydrogen-bond donors (Lipinski definition) is 3. The molecule has 8 nitrogen and oxygen atoms in total. The van der Waals surface area contributed by atoms with Crippen LogP contribution in [0, 0.1) is 5.92 Å². The number of nitrogens with one attached hydrogen (secondary N) is 3. The zero-order valence-electron chi connectivity index (χ0n) is 16.4. The maximum Gasteiger partial charge on any atom is 0.254 e. The molecule has 2 aliphatic rings. The van der Waals surface area contributed by atoms with Gasteiger partial charge in [-0.1, -0.05) is 12.1 Å². The zero-order chi connectivity index (χ0) is 19.8. The van der Waals surface area contributed by atoms with E-state index in [2.05, 4.69) is 20.9 Å². The van der Waals surface area contributed by atoms with Gasteiger partial charge in [0.1, 0.15) is 0 Å². The third-order valence-corrected chi connectivity index (χ3v) is 5.11. The second-order valence-corrected chi connectivity index (χ2v) is 7.14. The van der Waals surface area contributed by atoms with Crippen LogP contribution in [-0.2, 0) is 16.1 Å². The second kappa shape index (κ2) is 10.1. The van der Waals surface area contributed by atoms with E-state index in [4.69, 9.17) is 4.74 Å². The molecule has 0 atom stereocenters. The molecule has 8 heteroatoms. The molecular weight excluding hydrogens is 358 g/mol. The first-order valence-corrected chi connectivity index (χ1v) is 9.83. The van der Waals surface area contributed by atoms with Gasteiger partial charge in [-0.3, -0.25) is 14.6 Å². The lowest BCUT2D eigenvalue weighted by atomic mass is 10.0. The fraction of sp³-hybridized carbons (Fsp3) is 0.550. The van der Waals surface area contributed by atoms with Crippen LogP contribution in [0.5, 0.6) is 0 Å². The van der Waals surface area contributed by atoms with Gasteiger partial charge in [-0.15, -0.1) is 0 Å². The molecule has 0 bridgehead atoms. The van der Waals surface area contributed by atoms with Gasteiger partial charge < -0.3 is 25.6 Å². The maximum atomic E-state index is 12.5. The van der Waals surface area contributed by atoms with Crippen molar-refractivity contribution in [3.63, 3.8) is 0 Å².